The zero-order valence-electron chi connectivity index (χ0n) is 24.3. The Balaban J connectivity index is 1.33. The van der Waals surface area contributed by atoms with E-state index in [9.17, 15) is 4.79 Å². The molecule has 8 rings (SSSR count). The molecule has 0 radical (unpaired) electrons. The van der Waals surface area contributed by atoms with Crippen LogP contribution < -0.4 is 5.69 Å². The van der Waals surface area contributed by atoms with Crippen molar-refractivity contribution in [1.29, 1.82) is 0 Å². The summed E-state index contributed by atoms with van der Waals surface area (Å²) < 4.78 is 3.35. The third-order valence-electron chi connectivity index (χ3n) is 8.40. The van der Waals surface area contributed by atoms with Gasteiger partial charge in [0.05, 0.1) is 11.0 Å². The second-order valence-corrected chi connectivity index (χ2v) is 11.0. The van der Waals surface area contributed by atoms with Crippen molar-refractivity contribution >= 4 is 32.6 Å². The van der Waals surface area contributed by atoms with E-state index in [1.54, 1.807) is 23.2 Å². The van der Waals surface area contributed by atoms with E-state index < -0.39 is 0 Å². The van der Waals surface area contributed by atoms with E-state index in [2.05, 4.69) is 78.9 Å². The van der Waals surface area contributed by atoms with E-state index in [0.717, 1.165) is 55.0 Å². The minimum atomic E-state index is -0.0433. The molecule has 0 unspecified atom stereocenters. The number of imidazole rings is 1. The van der Waals surface area contributed by atoms with Gasteiger partial charge in [-0.15, -0.1) is 0 Å². The van der Waals surface area contributed by atoms with Gasteiger partial charge in [0, 0.05) is 36.2 Å². The van der Waals surface area contributed by atoms with Crippen molar-refractivity contribution in [3.8, 4) is 45.3 Å². The van der Waals surface area contributed by atoms with Crippen molar-refractivity contribution in [2.24, 2.45) is 14.1 Å². The minimum Gasteiger partial charge on any atom is -0.295 e. The van der Waals surface area contributed by atoms with Crippen LogP contribution >= 0.6 is 0 Å². The summed E-state index contributed by atoms with van der Waals surface area (Å²) in [6.45, 7) is 0. The lowest BCUT2D eigenvalue weighted by Gasteiger charge is -2.12. The summed E-state index contributed by atoms with van der Waals surface area (Å²) in [6, 6.07) is 43.4. The summed E-state index contributed by atoms with van der Waals surface area (Å²) in [5.41, 5.74) is 6.54. The van der Waals surface area contributed by atoms with Crippen LogP contribution in [0.25, 0.3) is 77.9 Å². The molecule has 44 heavy (non-hydrogen) atoms. The van der Waals surface area contributed by atoms with E-state index in [-0.39, 0.29) is 5.69 Å². The number of hydrogen-bond donors (Lipinski definition) is 0. The van der Waals surface area contributed by atoms with Crippen LogP contribution in [0, 0.1) is 0 Å². The first kappa shape index (κ1) is 25.8. The fourth-order valence-electron chi connectivity index (χ4n) is 6.11. The topological polar surface area (TPSA) is 65.6 Å². The Hall–Kier alpha value is -5.88. The van der Waals surface area contributed by atoms with Gasteiger partial charge in [-0.3, -0.25) is 9.13 Å². The molecule has 0 aliphatic heterocycles. The molecule has 0 aliphatic rings. The van der Waals surface area contributed by atoms with E-state index in [0.29, 0.717) is 17.5 Å². The quantitative estimate of drug-likeness (QED) is 0.201. The van der Waals surface area contributed by atoms with Crippen LogP contribution in [0.15, 0.2) is 132 Å². The SMILES string of the molecule is Cn1c(=O)n(C)c2cc(-c3cccc(-c4nc(-c5ccccc5)nc(-c5cccc6ccc7ccccc7c56)n4)c3)ccc21. The molecule has 0 atom stereocenters. The third-order valence-corrected chi connectivity index (χ3v) is 8.40. The molecule has 2 heterocycles. The van der Waals surface area contributed by atoms with Crippen molar-refractivity contribution in [3.05, 3.63) is 138 Å². The average Bonchev–Trinajstić information content (AvgIpc) is 3.31. The van der Waals surface area contributed by atoms with Gasteiger partial charge in [-0.25, -0.2) is 19.7 Å². The smallest absolute Gasteiger partial charge is 0.295 e. The highest BCUT2D eigenvalue weighted by atomic mass is 16.1. The molecule has 6 aromatic carbocycles. The maximum absolute atomic E-state index is 12.5. The van der Waals surface area contributed by atoms with Crippen LogP contribution in [0.3, 0.4) is 0 Å². The maximum Gasteiger partial charge on any atom is 0.328 e. The second-order valence-electron chi connectivity index (χ2n) is 11.0. The highest BCUT2D eigenvalue weighted by molar-refractivity contribution is 6.13. The number of rotatable bonds is 4. The van der Waals surface area contributed by atoms with Crippen molar-refractivity contribution in [3.63, 3.8) is 0 Å². The Morgan fingerprint density at radius 1 is 0.477 bits per heavy atom. The van der Waals surface area contributed by atoms with Crippen molar-refractivity contribution in [2.45, 2.75) is 0 Å². The van der Waals surface area contributed by atoms with Gasteiger partial charge in [0.1, 0.15) is 0 Å². The van der Waals surface area contributed by atoms with Crippen molar-refractivity contribution in [2.75, 3.05) is 0 Å². The Bertz CT molecular complexity index is 2440. The molecule has 210 valence electrons. The molecule has 6 nitrogen and oxygen atoms in total. The molecule has 8 aromatic rings. The predicted octanol–water partition coefficient (Wildman–Crippen LogP) is 8.04. The molecular formula is C38H27N5O. The molecule has 0 saturated carbocycles. The summed E-state index contributed by atoms with van der Waals surface area (Å²) in [5, 5.41) is 4.59. The Kier molecular flexibility index (Phi) is 5.94. The van der Waals surface area contributed by atoms with Crippen LogP contribution in [0.1, 0.15) is 0 Å². The highest BCUT2D eigenvalue weighted by Gasteiger charge is 2.16. The average molecular weight is 570 g/mol. The number of nitrogens with zero attached hydrogens (tertiary/aromatic N) is 5. The highest BCUT2D eigenvalue weighted by Crippen LogP contribution is 2.35. The summed E-state index contributed by atoms with van der Waals surface area (Å²) in [4.78, 5) is 27.6. The van der Waals surface area contributed by atoms with E-state index >= 15 is 0 Å². The normalized spacial score (nSPS) is 11.5. The van der Waals surface area contributed by atoms with Gasteiger partial charge < -0.3 is 0 Å². The zero-order chi connectivity index (χ0) is 29.8. The monoisotopic (exact) mass is 569 g/mol. The van der Waals surface area contributed by atoms with Gasteiger partial charge in [-0.2, -0.15) is 0 Å². The zero-order valence-corrected chi connectivity index (χ0v) is 24.3. The lowest BCUT2D eigenvalue weighted by atomic mass is 9.97. The summed E-state index contributed by atoms with van der Waals surface area (Å²) >= 11 is 0. The van der Waals surface area contributed by atoms with Gasteiger partial charge in [0.15, 0.2) is 17.5 Å². The molecular weight excluding hydrogens is 542 g/mol. The van der Waals surface area contributed by atoms with Gasteiger partial charge in [-0.05, 0) is 45.5 Å². The molecule has 0 amide bonds. The first-order valence-corrected chi connectivity index (χ1v) is 14.5. The van der Waals surface area contributed by atoms with Crippen LogP contribution in [-0.2, 0) is 14.1 Å². The molecule has 6 heteroatoms. The number of fused-ring (bicyclic) bond motifs is 4. The fraction of sp³-hybridized carbons (Fsp3) is 0.0526. The standard InChI is InChI=1S/C38H27N5O/c1-42-32-21-20-28(23-33(32)43(2)38(42)44)27-14-8-15-29(22-27)36-39-35(26-11-4-3-5-12-26)40-37(41-36)31-17-9-13-25-19-18-24-10-6-7-16-30(24)34(25)31/h3-23H,1-2H3. The summed E-state index contributed by atoms with van der Waals surface area (Å²) in [6.07, 6.45) is 0. The number of aryl methyl sites for hydroxylation is 2. The van der Waals surface area contributed by atoms with Gasteiger partial charge >= 0.3 is 5.69 Å². The van der Waals surface area contributed by atoms with E-state index in [1.165, 1.54) is 5.39 Å². The van der Waals surface area contributed by atoms with Gasteiger partial charge in [0.2, 0.25) is 0 Å². The summed E-state index contributed by atoms with van der Waals surface area (Å²) in [7, 11) is 3.60. The van der Waals surface area contributed by atoms with Crippen LogP contribution in [0.2, 0.25) is 0 Å². The summed E-state index contributed by atoms with van der Waals surface area (Å²) in [5.74, 6) is 1.84. The molecule has 0 fully saturated rings. The number of hydrogen-bond acceptors (Lipinski definition) is 4. The maximum atomic E-state index is 12.5. The number of aromatic nitrogens is 5. The number of benzene rings is 6. The molecule has 0 bridgehead atoms. The Morgan fingerprint density at radius 3 is 1.95 bits per heavy atom. The van der Waals surface area contributed by atoms with Crippen molar-refractivity contribution in [1.82, 2.24) is 24.1 Å². The molecule has 2 aromatic heterocycles. The molecule has 0 saturated heterocycles. The van der Waals surface area contributed by atoms with Gasteiger partial charge in [0.25, 0.3) is 0 Å². The van der Waals surface area contributed by atoms with E-state index in [4.69, 9.17) is 15.0 Å². The van der Waals surface area contributed by atoms with Crippen molar-refractivity contribution < 1.29 is 0 Å². The largest absolute Gasteiger partial charge is 0.328 e. The first-order chi connectivity index (χ1) is 21.5. The Morgan fingerprint density at radius 2 is 1.09 bits per heavy atom. The predicted molar refractivity (Wildman–Crippen MR) is 178 cm³/mol. The lowest BCUT2D eigenvalue weighted by Crippen LogP contribution is -2.19. The van der Waals surface area contributed by atoms with Gasteiger partial charge in [-0.1, -0.05) is 109 Å². The van der Waals surface area contributed by atoms with Crippen LogP contribution in [0.5, 0.6) is 0 Å². The minimum absolute atomic E-state index is 0.0433. The molecule has 0 aliphatic carbocycles. The van der Waals surface area contributed by atoms with E-state index in [1.807, 2.05) is 48.5 Å². The molecule has 0 spiro atoms. The fourth-order valence-corrected chi connectivity index (χ4v) is 6.11. The molecule has 0 N–H and O–H groups in total. The third kappa shape index (κ3) is 4.19. The van der Waals surface area contributed by atoms with Crippen LogP contribution in [0.4, 0.5) is 0 Å². The Labute approximate surface area is 253 Å². The van der Waals surface area contributed by atoms with Crippen LogP contribution in [-0.4, -0.2) is 24.1 Å². The second kappa shape index (κ2) is 10.1. The lowest BCUT2D eigenvalue weighted by molar-refractivity contribution is 0.795. The first-order valence-electron chi connectivity index (χ1n) is 14.5.